The lowest BCUT2D eigenvalue weighted by atomic mass is 10.0. The maximum atomic E-state index is 12.4. The zero-order chi connectivity index (χ0) is 19.8. The summed E-state index contributed by atoms with van der Waals surface area (Å²) in [5.74, 6) is -0.811. The standard InChI is InChI=1S/C21H30N2O4/c1-3-16-5-7-17(8-6-16)19(24)9-10-20(25)23-13-11-18(12-14-23)22(4-2)15-21(26)27/h5-8,18H,3-4,9-15H2,1-2H3,(H,26,27). The summed E-state index contributed by atoms with van der Waals surface area (Å²) in [5.41, 5.74) is 1.85. The van der Waals surface area contributed by atoms with Crippen molar-refractivity contribution in [3.05, 3.63) is 35.4 Å². The van der Waals surface area contributed by atoms with Gasteiger partial charge in [0.2, 0.25) is 5.91 Å². The van der Waals surface area contributed by atoms with Crippen LogP contribution in [0.25, 0.3) is 0 Å². The molecule has 1 saturated heterocycles. The summed E-state index contributed by atoms with van der Waals surface area (Å²) < 4.78 is 0. The molecule has 1 fully saturated rings. The number of amides is 1. The number of carboxylic acids is 1. The second-order valence-electron chi connectivity index (χ2n) is 7.04. The van der Waals surface area contributed by atoms with Crippen molar-refractivity contribution in [1.82, 2.24) is 9.80 Å². The van der Waals surface area contributed by atoms with E-state index >= 15 is 0 Å². The minimum absolute atomic E-state index is 0.000458. The first-order valence-corrected chi connectivity index (χ1v) is 9.80. The highest BCUT2D eigenvalue weighted by molar-refractivity contribution is 5.98. The third kappa shape index (κ3) is 6.17. The van der Waals surface area contributed by atoms with Gasteiger partial charge in [-0.15, -0.1) is 0 Å². The van der Waals surface area contributed by atoms with Crippen molar-refractivity contribution in [3.63, 3.8) is 0 Å². The van der Waals surface area contributed by atoms with Crippen LogP contribution >= 0.6 is 0 Å². The van der Waals surface area contributed by atoms with Crippen LogP contribution in [0, 0.1) is 0 Å². The molecule has 0 spiro atoms. The maximum Gasteiger partial charge on any atom is 0.317 e. The normalized spacial score (nSPS) is 15.1. The van der Waals surface area contributed by atoms with Crippen LogP contribution in [0.5, 0.6) is 0 Å². The molecule has 0 atom stereocenters. The quantitative estimate of drug-likeness (QED) is 0.672. The lowest BCUT2D eigenvalue weighted by Gasteiger charge is -2.37. The Morgan fingerprint density at radius 3 is 2.22 bits per heavy atom. The van der Waals surface area contributed by atoms with Crippen LogP contribution in [0.1, 0.15) is 55.5 Å². The van der Waals surface area contributed by atoms with Crippen LogP contribution < -0.4 is 0 Å². The first-order chi connectivity index (χ1) is 12.9. The Morgan fingerprint density at radius 2 is 1.70 bits per heavy atom. The smallest absolute Gasteiger partial charge is 0.317 e. The number of aryl methyl sites for hydroxylation is 1. The van der Waals surface area contributed by atoms with Crippen molar-refractivity contribution in [3.8, 4) is 0 Å². The Morgan fingerprint density at radius 1 is 1.07 bits per heavy atom. The lowest BCUT2D eigenvalue weighted by Crippen LogP contribution is -2.48. The van der Waals surface area contributed by atoms with E-state index in [0.717, 1.165) is 19.3 Å². The van der Waals surface area contributed by atoms with Crippen molar-refractivity contribution in [2.45, 2.75) is 52.0 Å². The second-order valence-corrected chi connectivity index (χ2v) is 7.04. The Labute approximate surface area is 161 Å². The fourth-order valence-electron chi connectivity index (χ4n) is 3.60. The topological polar surface area (TPSA) is 77.9 Å². The van der Waals surface area contributed by atoms with Crippen molar-refractivity contribution >= 4 is 17.7 Å². The minimum Gasteiger partial charge on any atom is -0.480 e. The first kappa shape index (κ1) is 21.1. The molecule has 1 heterocycles. The highest BCUT2D eigenvalue weighted by atomic mass is 16.4. The average molecular weight is 374 g/mol. The van der Waals surface area contributed by atoms with Gasteiger partial charge in [-0.05, 0) is 31.4 Å². The molecule has 1 aliphatic heterocycles. The van der Waals surface area contributed by atoms with Gasteiger partial charge >= 0.3 is 5.97 Å². The van der Waals surface area contributed by atoms with E-state index in [1.807, 2.05) is 36.1 Å². The van der Waals surface area contributed by atoms with Crippen LogP contribution in [0.15, 0.2) is 24.3 Å². The Balaban J connectivity index is 1.78. The molecule has 148 valence electrons. The number of nitrogens with zero attached hydrogens (tertiary/aromatic N) is 2. The maximum absolute atomic E-state index is 12.4. The van der Waals surface area contributed by atoms with Crippen LogP contribution in [0.4, 0.5) is 0 Å². The SMILES string of the molecule is CCc1ccc(C(=O)CCC(=O)N2CCC(N(CC)CC(=O)O)CC2)cc1. The van der Waals surface area contributed by atoms with Crippen molar-refractivity contribution in [1.29, 1.82) is 0 Å². The number of benzene rings is 1. The summed E-state index contributed by atoms with van der Waals surface area (Å²) in [7, 11) is 0. The highest BCUT2D eigenvalue weighted by Gasteiger charge is 2.27. The number of likely N-dealkylation sites (N-methyl/N-ethyl adjacent to an activating group) is 1. The summed E-state index contributed by atoms with van der Waals surface area (Å²) >= 11 is 0. The largest absolute Gasteiger partial charge is 0.480 e. The van der Waals surface area contributed by atoms with E-state index in [-0.39, 0.29) is 37.1 Å². The molecule has 2 rings (SSSR count). The van der Waals surface area contributed by atoms with E-state index in [9.17, 15) is 14.4 Å². The van der Waals surface area contributed by atoms with E-state index in [4.69, 9.17) is 5.11 Å². The zero-order valence-corrected chi connectivity index (χ0v) is 16.3. The number of piperidine rings is 1. The summed E-state index contributed by atoms with van der Waals surface area (Å²) in [5, 5.41) is 8.99. The van der Waals surface area contributed by atoms with Crippen LogP contribution in [0.2, 0.25) is 0 Å². The number of likely N-dealkylation sites (tertiary alicyclic amines) is 1. The van der Waals surface area contributed by atoms with Crippen LogP contribution in [-0.4, -0.2) is 64.8 Å². The fourth-order valence-corrected chi connectivity index (χ4v) is 3.60. The van der Waals surface area contributed by atoms with Crippen LogP contribution in [-0.2, 0) is 16.0 Å². The summed E-state index contributed by atoms with van der Waals surface area (Å²) in [4.78, 5) is 39.4. The molecule has 0 aromatic heterocycles. The molecular formula is C21H30N2O4. The van der Waals surface area contributed by atoms with E-state index in [0.29, 0.717) is 25.2 Å². The summed E-state index contributed by atoms with van der Waals surface area (Å²) in [6.45, 7) is 6.01. The Hall–Kier alpha value is -2.21. The Bertz CT molecular complexity index is 649. The van der Waals surface area contributed by atoms with Gasteiger partial charge in [-0.1, -0.05) is 38.1 Å². The predicted molar refractivity (Wildman–Crippen MR) is 104 cm³/mol. The number of carbonyl (C=O) groups excluding carboxylic acids is 2. The van der Waals surface area contributed by atoms with Crippen LogP contribution in [0.3, 0.4) is 0 Å². The number of ketones is 1. The van der Waals surface area contributed by atoms with E-state index in [2.05, 4.69) is 6.92 Å². The number of rotatable bonds is 9. The molecule has 6 nitrogen and oxygen atoms in total. The van der Waals surface area contributed by atoms with Crippen molar-refractivity contribution in [2.75, 3.05) is 26.2 Å². The zero-order valence-electron chi connectivity index (χ0n) is 16.3. The van der Waals surface area contributed by atoms with Gasteiger partial charge in [-0.2, -0.15) is 0 Å². The number of hydrogen-bond donors (Lipinski definition) is 1. The van der Waals surface area contributed by atoms with Gasteiger partial charge in [0.05, 0.1) is 6.54 Å². The number of carboxylic acid groups (broad SMARTS) is 1. The summed E-state index contributed by atoms with van der Waals surface area (Å²) in [6.07, 6.45) is 2.94. The second kappa shape index (κ2) is 10.2. The van der Waals surface area contributed by atoms with E-state index in [1.165, 1.54) is 5.56 Å². The third-order valence-electron chi connectivity index (χ3n) is 5.33. The summed E-state index contributed by atoms with van der Waals surface area (Å²) in [6, 6.07) is 7.78. The molecule has 1 aromatic carbocycles. The van der Waals surface area contributed by atoms with E-state index < -0.39 is 5.97 Å². The predicted octanol–water partition coefficient (Wildman–Crippen LogP) is 2.61. The van der Waals surface area contributed by atoms with Crippen molar-refractivity contribution < 1.29 is 19.5 Å². The number of carbonyl (C=O) groups is 3. The van der Waals surface area contributed by atoms with Gasteiger partial charge in [0.25, 0.3) is 0 Å². The Kier molecular flexibility index (Phi) is 7.98. The van der Waals surface area contributed by atoms with E-state index in [1.54, 1.807) is 4.90 Å². The van der Waals surface area contributed by atoms with Gasteiger partial charge in [-0.3, -0.25) is 19.3 Å². The molecule has 1 aliphatic rings. The van der Waals surface area contributed by atoms with Gasteiger partial charge in [0.1, 0.15) is 0 Å². The molecule has 1 aromatic rings. The molecular weight excluding hydrogens is 344 g/mol. The fraction of sp³-hybridized carbons (Fsp3) is 0.571. The minimum atomic E-state index is -0.819. The first-order valence-electron chi connectivity index (χ1n) is 9.80. The third-order valence-corrected chi connectivity index (χ3v) is 5.33. The lowest BCUT2D eigenvalue weighted by molar-refractivity contribution is -0.140. The average Bonchev–Trinajstić information content (AvgIpc) is 2.70. The van der Waals surface area contributed by atoms with Gasteiger partial charge in [0, 0.05) is 37.5 Å². The molecule has 0 unspecified atom stereocenters. The molecule has 27 heavy (non-hydrogen) atoms. The molecule has 0 aliphatic carbocycles. The number of Topliss-reactive ketones (excluding diaryl/α,β-unsaturated/α-hetero) is 1. The molecule has 6 heteroatoms. The van der Waals surface area contributed by atoms with Gasteiger partial charge < -0.3 is 10.0 Å². The molecule has 1 amide bonds. The molecule has 0 saturated carbocycles. The highest BCUT2D eigenvalue weighted by Crippen LogP contribution is 2.18. The molecule has 0 radical (unpaired) electrons. The van der Waals surface area contributed by atoms with Gasteiger partial charge in [0.15, 0.2) is 5.78 Å². The number of aliphatic carboxylic acids is 1. The monoisotopic (exact) mass is 374 g/mol. The number of hydrogen-bond acceptors (Lipinski definition) is 4. The van der Waals surface area contributed by atoms with Crippen molar-refractivity contribution in [2.24, 2.45) is 0 Å². The molecule has 1 N–H and O–H groups in total. The van der Waals surface area contributed by atoms with Gasteiger partial charge in [-0.25, -0.2) is 0 Å². The molecule has 0 bridgehead atoms.